The number of para-hydroxylation sites is 1. The second-order valence-electron chi connectivity index (χ2n) is 35.4. The van der Waals surface area contributed by atoms with Crippen molar-refractivity contribution in [2.24, 2.45) is 0 Å². The molecule has 2 atom stereocenters. The van der Waals surface area contributed by atoms with E-state index in [9.17, 15) is 4.39 Å². The molecule has 0 aliphatic carbocycles. The number of H-pyrrole nitrogens is 1. The fourth-order valence-electron chi connectivity index (χ4n) is 22.7. The number of benzene rings is 3. The van der Waals surface area contributed by atoms with E-state index in [1.807, 2.05) is 19.1 Å². The fourth-order valence-corrected chi connectivity index (χ4v) is 22.7. The third-order valence-corrected chi connectivity index (χ3v) is 27.2. The molecule has 1 N–H and O–H groups in total. The summed E-state index contributed by atoms with van der Waals surface area (Å²) in [6.07, 6.45) is -83.1. The molecule has 450 valence electrons. The highest BCUT2D eigenvalue weighted by atomic mass is 19.1. The Labute approximate surface area is 849 Å². The second kappa shape index (κ2) is 54.3. The molecule has 4 nitrogen and oxygen atoms in total. The number of halogens is 1. The van der Waals surface area contributed by atoms with Gasteiger partial charge in [-0.2, -0.15) is 0 Å². The Balaban J connectivity index is 0.000000704. The van der Waals surface area contributed by atoms with Crippen LogP contribution in [0.2, 0.25) is 0 Å². The van der Waals surface area contributed by atoms with Gasteiger partial charge in [-0.15, -0.1) is 0 Å². The molecule has 1 aromatic heterocycles. The molecule has 2 unspecified atom stereocenters. The first-order valence-electron chi connectivity index (χ1n) is 42.6. The third kappa shape index (κ3) is 29.3. The van der Waals surface area contributed by atoms with E-state index in [4.69, 9.17) is 381 Å². The summed E-state index contributed by atoms with van der Waals surface area (Å²) >= 11 is 0. The number of aromatic nitrogens is 1. The topological polar surface area (TPSA) is 37.5 Å². The van der Waals surface area contributed by atoms with Crippen molar-refractivity contribution in [2.45, 2.75) is 31.8 Å². The number of hydrogen-bond donors (Lipinski definition) is 1. The van der Waals surface area contributed by atoms with Crippen LogP contribution in [0.5, 0.6) is 11.5 Å². The van der Waals surface area contributed by atoms with Crippen LogP contribution in [0, 0.1) is 5.82 Å². The van der Waals surface area contributed by atoms with E-state index in [0.29, 0.717) is 6.61 Å². The van der Waals surface area contributed by atoms with Crippen molar-refractivity contribution in [2.75, 3.05) is 20.3 Å². The largest absolute Gasteiger partial charge is 0.493 e. The summed E-state index contributed by atoms with van der Waals surface area (Å²) in [4.78, 5) is 6.27. The SMILES string of the molecule is CCOc1cc2c(cc1OC)C1Cc3c([nH]c4ccccc34)C(c3ccc(F)cc3)N1CC2.[B]B([B])B(B([B])[B])B(B(B([B])[B])B([B])[B])B(B(B(B([B])[B])B([B])[B])B(B([B])[B])B([B])[B])B(B(B(B(B([B])[B])B([B])[B])B(B([B])[B])B([B])[B])B(B(B([B])[B])B([B])[B])B(B([B])[B])B([B])[B])B(B(B(B([B])[B])B([B])[B])B(B([B])[B])B([B])[B])B(B(B([B])[B])B([B])[B])B(B([B])[B])B([B])[B]. The molecule has 2 aliphatic rings. The first-order chi connectivity index (χ1) is 58.9. The lowest BCUT2D eigenvalue weighted by Crippen LogP contribution is -3.01. The maximum absolute atomic E-state index is 13.8. The standard InChI is InChI=1S/C28H27FN2O2.B94/c1-3-33-26-14-18-12-13-31-24(21(18)16-25(26)32-2)15-22-20-6-4-5-7-23(20)30-27(22)28(31)17-8-10-19(29)11-9-17;1-49(2)73(50(3)4)85(74(51(5)6)52(7)8)91(86(75(53(9)10)54(11)12)76(55(13)14)56(15)16)94(92(87(77(57(17)18)58(19)20)78(59(21)22)60(23)24)88(79(61(25)26)62(27)28)80(63(29)30)64(31)32)93(89(81(65(33)34)66(35)36)82(67(37)38)68(39)40)90(83(69(41)42)70(43)44)84(71(45)46)72(47)48/h4-11,14,16,24,28,30H,3,12-13,15H2,1-2H3;. The number of nitrogens with one attached hydrogen (secondary N) is 1. The lowest BCUT2D eigenvalue weighted by atomic mass is 8.19. The predicted octanol–water partition coefficient (Wildman–Crippen LogP) is -29.8. The Morgan fingerprint density at radius 2 is 0.551 bits per heavy atom. The van der Waals surface area contributed by atoms with Crippen LogP contribution >= 0.6 is 0 Å². The molecule has 3 aromatic carbocycles. The number of fused-ring (bicyclic) bond motifs is 6. The number of nitrogens with zero attached hydrogens (tertiary/aromatic N) is 1. The molecule has 4 aromatic rings. The van der Waals surface area contributed by atoms with Crippen molar-refractivity contribution in [3.05, 3.63) is 94.4 Å². The van der Waals surface area contributed by atoms with Crippen molar-refractivity contribution in [1.82, 2.24) is 9.88 Å². The summed E-state index contributed by atoms with van der Waals surface area (Å²) in [5.74, 6) is 1.38. The van der Waals surface area contributed by atoms with Crippen molar-refractivity contribution in [3.63, 3.8) is 0 Å². The summed E-state index contributed by atoms with van der Waals surface area (Å²) in [6.45, 7) is 3.52. The molecule has 6 rings (SSSR count). The molecular weight excluding hydrogens is 1430 g/mol. The van der Waals surface area contributed by atoms with E-state index in [1.165, 1.54) is 27.8 Å². The van der Waals surface area contributed by atoms with Gasteiger partial charge < -0.3 is 14.5 Å². The lowest BCUT2D eigenvalue weighted by molar-refractivity contribution is 0.127. The van der Waals surface area contributed by atoms with E-state index >= 15 is 0 Å². The zero-order valence-electron chi connectivity index (χ0n) is 73.2. The highest BCUT2D eigenvalue weighted by Crippen LogP contribution is 2.50. The van der Waals surface area contributed by atoms with Crippen LogP contribution in [0.4, 0.5) is 4.39 Å². The minimum absolute atomic E-state index is 0.0393. The Bertz CT molecular complexity index is 3260. The van der Waals surface area contributed by atoms with E-state index in [1.54, 1.807) is 19.2 Å². The molecular formula is C28H27B94FN2O2. The molecule has 0 fully saturated rings. The van der Waals surface area contributed by atoms with Crippen molar-refractivity contribution >= 4 is 676 Å². The van der Waals surface area contributed by atoms with Crippen molar-refractivity contribution < 1.29 is 13.9 Å². The smallest absolute Gasteiger partial charge is 0.161 e. The summed E-state index contributed by atoms with van der Waals surface area (Å²) < 4.78 is 25.3. The maximum atomic E-state index is 13.8. The average Bonchev–Trinajstić information content (AvgIpc) is 1.54. The molecule has 0 spiro atoms. The van der Waals surface area contributed by atoms with Gasteiger partial charge in [0.05, 0.1) is 19.8 Å². The minimum atomic E-state index is -2.22. The second-order valence-corrected chi connectivity index (χ2v) is 35.4. The Morgan fingerprint density at radius 3 is 0.780 bits per heavy atom. The molecule has 0 bridgehead atoms. The highest BCUT2D eigenvalue weighted by Gasteiger charge is 2.68. The monoisotopic (exact) mass is 1480 g/mol. The van der Waals surface area contributed by atoms with Crippen LogP contribution < -0.4 is 9.47 Å². The number of aromatic amines is 1. The summed E-state index contributed by atoms with van der Waals surface area (Å²) in [6, 6.07) is 20.1. The van der Waals surface area contributed by atoms with Crippen molar-refractivity contribution in [1.29, 1.82) is 0 Å². The van der Waals surface area contributed by atoms with Crippen LogP contribution in [0.3, 0.4) is 0 Å². The third-order valence-electron chi connectivity index (χ3n) is 27.2. The van der Waals surface area contributed by atoms with Gasteiger partial charge in [-0.25, -0.2) is 4.39 Å². The van der Waals surface area contributed by atoms with Crippen LogP contribution in [-0.2, 0) is 12.8 Å². The zero-order valence-corrected chi connectivity index (χ0v) is 73.2. The molecule has 0 saturated carbocycles. The molecule has 3 heterocycles. The van der Waals surface area contributed by atoms with Crippen LogP contribution in [0.15, 0.2) is 60.7 Å². The summed E-state index contributed by atoms with van der Waals surface area (Å²) in [7, 11) is 340. The molecule has 96 radical (unpaired) electrons. The van der Waals surface area contributed by atoms with Gasteiger partial charge in [0, 0.05) is 694 Å². The Morgan fingerprint density at radius 1 is 0.315 bits per heavy atom. The van der Waals surface area contributed by atoms with Crippen molar-refractivity contribution in [3.8, 4) is 11.5 Å². The zero-order chi connectivity index (χ0) is 97.1. The van der Waals surface area contributed by atoms with Gasteiger partial charge in [-0.05, 0) is 72.4 Å². The molecule has 0 amide bonds. The van der Waals surface area contributed by atoms with Crippen LogP contribution in [-0.4, -0.2) is 695 Å². The quantitative estimate of drug-likeness (QED) is 0.0448. The van der Waals surface area contributed by atoms with E-state index < -0.39 is 294 Å². The van der Waals surface area contributed by atoms with Crippen LogP contribution in [0.1, 0.15) is 47.0 Å². The minimum Gasteiger partial charge on any atom is -0.493 e. The summed E-state index contributed by atoms with van der Waals surface area (Å²) in [5, 5.41) is 1.27. The molecule has 127 heavy (non-hydrogen) atoms. The number of hydrogen-bond acceptors (Lipinski definition) is 3. The first-order valence-corrected chi connectivity index (χ1v) is 42.6. The lowest BCUT2D eigenvalue weighted by Gasteiger charge is -2.63. The molecule has 99 heteroatoms. The van der Waals surface area contributed by atoms with Gasteiger partial charge in [-0.1, -0.05) is 30.3 Å². The molecule has 0 saturated heterocycles. The number of methoxy groups -OCH3 is 1. The average molecular weight is 1460 g/mol. The van der Waals surface area contributed by atoms with E-state index in [-0.39, 0.29) is 17.9 Å². The fraction of sp³-hybridized carbons (Fsp3) is 0.286. The van der Waals surface area contributed by atoms with Gasteiger partial charge >= 0.3 is 0 Å². The van der Waals surface area contributed by atoms with Gasteiger partial charge in [0.1, 0.15) is 5.82 Å². The van der Waals surface area contributed by atoms with E-state index in [0.717, 1.165) is 42.0 Å². The van der Waals surface area contributed by atoms with E-state index in [2.05, 4.69) is 46.3 Å². The van der Waals surface area contributed by atoms with Gasteiger partial charge in [0.25, 0.3) is 0 Å². The number of ether oxygens (including phenoxy) is 2. The highest BCUT2D eigenvalue weighted by molar-refractivity contribution is 8.43. The molecule has 2 aliphatic heterocycles. The predicted molar refractivity (Wildman–Crippen MR) is 668 cm³/mol. The van der Waals surface area contributed by atoms with Gasteiger partial charge in [0.2, 0.25) is 0 Å². The normalized spacial score (nSPS) is 12.4. The van der Waals surface area contributed by atoms with Crippen LogP contribution in [0.25, 0.3) is 10.9 Å². The first kappa shape index (κ1) is 120. The van der Waals surface area contributed by atoms with Gasteiger partial charge in [0.15, 0.2) is 11.5 Å². The Hall–Kier alpha value is 2.79. The Kier molecular flexibility index (Phi) is 51.4. The van der Waals surface area contributed by atoms with Gasteiger partial charge in [-0.3, -0.25) is 4.90 Å². The summed E-state index contributed by atoms with van der Waals surface area (Å²) in [5.41, 5.74) is 7.45. The number of rotatable bonds is 49. The maximum Gasteiger partial charge on any atom is 0.161 e.